The molecule has 8 N–H and O–H groups in total. The van der Waals surface area contributed by atoms with Crippen LogP contribution in [0.3, 0.4) is 0 Å². The molecule has 6 nitrogen and oxygen atoms in total. The van der Waals surface area contributed by atoms with Crippen molar-refractivity contribution < 1.29 is 33.9 Å². The molecule has 0 aromatic heterocycles. The van der Waals surface area contributed by atoms with Crippen molar-refractivity contribution >= 4 is 0 Å². The first-order valence-electron chi connectivity index (χ1n) is 3.15. The van der Waals surface area contributed by atoms with Gasteiger partial charge in [-0.1, -0.05) is 0 Å². The minimum atomic E-state index is -1.40. The van der Waals surface area contributed by atoms with Gasteiger partial charge in [-0.05, 0) is 13.8 Å². The topological polar surface area (TPSA) is 136 Å². The van der Waals surface area contributed by atoms with Gasteiger partial charge in [0.25, 0.3) is 0 Å². The molecule has 0 bridgehead atoms. The van der Waals surface area contributed by atoms with Gasteiger partial charge >= 0.3 is 23.7 Å². The predicted octanol–water partition coefficient (Wildman–Crippen LogP) is -2.23. The first-order valence-corrected chi connectivity index (χ1v) is 3.79. The van der Waals surface area contributed by atoms with Crippen LogP contribution in [0.25, 0.3) is 0 Å². The van der Waals surface area contributed by atoms with Crippen LogP contribution >= 0.6 is 0 Å². The normalized spacial score (nSPS) is 9.25. The van der Waals surface area contributed by atoms with Crippen LogP contribution in [0.4, 0.5) is 0 Å². The molecule has 74 valence electrons. The molecule has 0 unspecified atom stereocenters. The Morgan fingerprint density at radius 1 is 1.33 bits per heavy atom. The molecule has 0 aromatic rings. The molecule has 0 saturated heterocycles. The number of hydrogen-bond donors (Lipinski definition) is 5. The van der Waals surface area contributed by atoms with E-state index in [2.05, 4.69) is 0 Å². The van der Waals surface area contributed by atoms with Gasteiger partial charge in [-0.15, -0.1) is 0 Å². The Morgan fingerprint density at radius 3 is 1.42 bits per heavy atom. The standard InChI is InChI=1S/C3H8O.C2H9N3O.O.Ti/c1-3(2)4;3-2(4,5)1-6;;/h3-4H,1-2H3;6H,1,3-5H2;;. The van der Waals surface area contributed by atoms with Crippen molar-refractivity contribution in [3.8, 4) is 0 Å². The molecular weight excluding hydrogens is 198 g/mol. The van der Waals surface area contributed by atoms with Crippen LogP contribution < -0.4 is 17.2 Å². The Bertz CT molecular complexity index is 83.7. The van der Waals surface area contributed by atoms with E-state index in [9.17, 15) is 0 Å². The maximum absolute atomic E-state index is 8.25. The van der Waals surface area contributed by atoms with E-state index in [1.54, 1.807) is 13.8 Å². The van der Waals surface area contributed by atoms with E-state index >= 15 is 0 Å². The van der Waals surface area contributed by atoms with Crippen LogP contribution in [0.15, 0.2) is 0 Å². The summed E-state index contributed by atoms with van der Waals surface area (Å²) >= 11 is 0.750. The SMILES string of the molecule is CC(C)O.NC(N)(N)CO.[O]=[Ti]. The number of nitrogens with two attached hydrogens (primary N) is 3. The van der Waals surface area contributed by atoms with E-state index in [1.807, 2.05) is 0 Å². The van der Waals surface area contributed by atoms with E-state index in [0.29, 0.717) is 0 Å². The number of rotatable bonds is 1. The zero-order valence-corrected chi connectivity index (χ0v) is 8.88. The summed E-state index contributed by atoms with van der Waals surface area (Å²) in [6, 6.07) is 0. The van der Waals surface area contributed by atoms with Crippen LogP contribution in [0.2, 0.25) is 0 Å². The van der Waals surface area contributed by atoms with Gasteiger partial charge in [0.1, 0.15) is 5.79 Å². The quantitative estimate of drug-likeness (QED) is 0.248. The summed E-state index contributed by atoms with van der Waals surface area (Å²) < 4.78 is 8.25. The second-order valence-electron chi connectivity index (χ2n) is 2.36. The Morgan fingerprint density at radius 2 is 1.42 bits per heavy atom. The third-order valence-electron chi connectivity index (χ3n) is 0.274. The molecule has 0 radical (unpaired) electrons. The first kappa shape index (κ1) is 18.2. The van der Waals surface area contributed by atoms with Gasteiger partial charge in [0, 0.05) is 6.10 Å². The molecule has 0 aliphatic heterocycles. The van der Waals surface area contributed by atoms with Crippen molar-refractivity contribution in [3.05, 3.63) is 0 Å². The number of aliphatic hydroxyl groups is 2. The second-order valence-corrected chi connectivity index (χ2v) is 2.36. The zero-order chi connectivity index (χ0) is 10.8. The Hall–Kier alpha value is 0.314. The fraction of sp³-hybridized carbons (Fsp3) is 1.00. The van der Waals surface area contributed by atoms with Crippen LogP contribution in [0, 0.1) is 0 Å². The van der Waals surface area contributed by atoms with Crippen molar-refractivity contribution in [1.82, 2.24) is 0 Å². The maximum atomic E-state index is 8.25. The molecule has 7 heteroatoms. The van der Waals surface area contributed by atoms with Gasteiger partial charge in [0.2, 0.25) is 0 Å². The summed E-state index contributed by atoms with van der Waals surface area (Å²) in [6.45, 7) is 3.05. The summed E-state index contributed by atoms with van der Waals surface area (Å²) in [7, 11) is 0. The van der Waals surface area contributed by atoms with Gasteiger partial charge < -0.3 is 10.2 Å². The fourth-order valence-electron chi connectivity index (χ4n) is 0. The van der Waals surface area contributed by atoms with Gasteiger partial charge in [-0.3, -0.25) is 17.2 Å². The van der Waals surface area contributed by atoms with E-state index in [1.165, 1.54) is 0 Å². The second kappa shape index (κ2) is 11.3. The van der Waals surface area contributed by atoms with Crippen LogP contribution in [0.1, 0.15) is 13.8 Å². The van der Waals surface area contributed by atoms with Crippen LogP contribution in [-0.4, -0.2) is 28.7 Å². The van der Waals surface area contributed by atoms with E-state index < -0.39 is 12.4 Å². The minimum absolute atomic E-state index is 0.167. The van der Waals surface area contributed by atoms with E-state index in [4.69, 9.17) is 30.7 Å². The number of hydrogen-bond acceptors (Lipinski definition) is 6. The Labute approximate surface area is 83.8 Å². The average Bonchev–Trinajstić information content (AvgIpc) is 1.90. The molecule has 12 heavy (non-hydrogen) atoms. The fourth-order valence-corrected chi connectivity index (χ4v) is 0. The summed E-state index contributed by atoms with van der Waals surface area (Å²) in [5.74, 6) is -1.40. The third kappa shape index (κ3) is 81.5. The first-order chi connectivity index (χ1) is 5.29. The van der Waals surface area contributed by atoms with Gasteiger partial charge in [-0.2, -0.15) is 0 Å². The Kier molecular flexibility index (Phi) is 17.1. The van der Waals surface area contributed by atoms with Gasteiger partial charge in [0.15, 0.2) is 0 Å². The summed E-state index contributed by atoms with van der Waals surface area (Å²) in [5, 5.41) is 16.1. The van der Waals surface area contributed by atoms with E-state index in [0.717, 1.165) is 20.4 Å². The Balaban J connectivity index is -0.000000118. The molecule has 0 aromatic carbocycles. The molecular formula is C5H17N3O3Ti. The monoisotopic (exact) mass is 215 g/mol. The third-order valence-corrected chi connectivity index (χ3v) is 0.274. The van der Waals surface area contributed by atoms with Crippen molar-refractivity contribution in [2.24, 2.45) is 17.2 Å². The summed E-state index contributed by atoms with van der Waals surface area (Å²) in [6.07, 6.45) is -0.167. The summed E-state index contributed by atoms with van der Waals surface area (Å²) in [4.78, 5) is 0. The molecule has 0 heterocycles. The van der Waals surface area contributed by atoms with E-state index in [-0.39, 0.29) is 6.10 Å². The molecule has 0 fully saturated rings. The molecule has 0 aliphatic rings. The molecule has 0 spiro atoms. The number of aliphatic hydroxyl groups excluding tert-OH is 2. The van der Waals surface area contributed by atoms with Crippen molar-refractivity contribution in [2.45, 2.75) is 25.7 Å². The van der Waals surface area contributed by atoms with Crippen molar-refractivity contribution in [3.63, 3.8) is 0 Å². The zero-order valence-electron chi connectivity index (χ0n) is 7.32. The average molecular weight is 215 g/mol. The molecule has 0 rings (SSSR count). The van der Waals surface area contributed by atoms with Gasteiger partial charge in [0.05, 0.1) is 6.61 Å². The predicted molar refractivity (Wildman–Crippen MR) is 40.4 cm³/mol. The molecule has 0 aliphatic carbocycles. The van der Waals surface area contributed by atoms with Crippen LogP contribution in [-0.2, 0) is 23.7 Å². The van der Waals surface area contributed by atoms with Crippen molar-refractivity contribution in [1.29, 1.82) is 0 Å². The van der Waals surface area contributed by atoms with Crippen molar-refractivity contribution in [2.75, 3.05) is 6.61 Å². The molecule has 0 amide bonds. The molecule has 0 saturated carbocycles. The van der Waals surface area contributed by atoms with Gasteiger partial charge in [-0.25, -0.2) is 0 Å². The van der Waals surface area contributed by atoms with Crippen LogP contribution in [0.5, 0.6) is 0 Å². The molecule has 0 atom stereocenters. The summed E-state index contributed by atoms with van der Waals surface area (Å²) in [5.41, 5.74) is 14.5.